The zero-order valence-electron chi connectivity index (χ0n) is 15.2. The van der Waals surface area contributed by atoms with Crippen LogP contribution in [0.25, 0.3) is 11.1 Å². The van der Waals surface area contributed by atoms with E-state index in [2.05, 4.69) is 6.07 Å². The lowest BCUT2D eigenvalue weighted by atomic mass is 9.88. The van der Waals surface area contributed by atoms with Crippen molar-refractivity contribution in [2.45, 2.75) is 11.8 Å². The Morgan fingerprint density at radius 2 is 1.57 bits per heavy atom. The van der Waals surface area contributed by atoms with Crippen LogP contribution in [0.2, 0.25) is 0 Å². The summed E-state index contributed by atoms with van der Waals surface area (Å²) in [4.78, 5) is 2.02. The van der Waals surface area contributed by atoms with Gasteiger partial charge in [0.2, 0.25) is 0 Å². The maximum atomic E-state index is 10.1. The van der Waals surface area contributed by atoms with Gasteiger partial charge in [-0.3, -0.25) is 0 Å². The molecule has 0 spiro atoms. The Bertz CT molecular complexity index is 1140. The third kappa shape index (κ3) is 3.67. The molecule has 28 heavy (non-hydrogen) atoms. The van der Waals surface area contributed by atoms with E-state index >= 15 is 0 Å². The summed E-state index contributed by atoms with van der Waals surface area (Å²) >= 11 is 1.63. The molecule has 0 aliphatic carbocycles. The van der Waals surface area contributed by atoms with E-state index in [-0.39, 0.29) is 5.57 Å². The predicted octanol–water partition coefficient (Wildman–Crippen LogP) is 6.03. The SMILES string of the molecule is C/C=C/C1=CC(=C(/C#N)C(=C(C#N)C#N)c2ccccc2)/c2ccccc2S1. The number of hydrogen-bond donors (Lipinski definition) is 0. The van der Waals surface area contributed by atoms with E-state index in [1.807, 2.05) is 91.9 Å². The summed E-state index contributed by atoms with van der Waals surface area (Å²) in [6, 6.07) is 23.1. The van der Waals surface area contributed by atoms with E-state index in [0.29, 0.717) is 22.3 Å². The summed E-state index contributed by atoms with van der Waals surface area (Å²) in [5.41, 5.74) is 2.90. The summed E-state index contributed by atoms with van der Waals surface area (Å²) in [5.74, 6) is 0. The Morgan fingerprint density at radius 3 is 2.21 bits per heavy atom. The molecule has 1 aliphatic rings. The zero-order chi connectivity index (χ0) is 19.9. The number of hydrogen-bond acceptors (Lipinski definition) is 4. The normalized spacial score (nSPS) is 14.1. The van der Waals surface area contributed by atoms with Crippen LogP contribution < -0.4 is 0 Å². The second-order valence-corrected chi connectivity index (χ2v) is 7.00. The second kappa shape index (κ2) is 8.74. The largest absolute Gasteiger partial charge is 0.192 e. The lowest BCUT2D eigenvalue weighted by Crippen LogP contribution is -2.00. The van der Waals surface area contributed by atoms with E-state index in [9.17, 15) is 15.8 Å². The monoisotopic (exact) mass is 377 g/mol. The molecule has 3 nitrogen and oxygen atoms in total. The number of allylic oxidation sites excluding steroid dienone is 7. The van der Waals surface area contributed by atoms with E-state index in [0.717, 1.165) is 15.4 Å². The van der Waals surface area contributed by atoms with Crippen molar-refractivity contribution >= 4 is 22.9 Å². The van der Waals surface area contributed by atoms with Crippen LogP contribution >= 0.6 is 11.8 Å². The highest BCUT2D eigenvalue weighted by Gasteiger charge is 2.23. The highest BCUT2D eigenvalue weighted by Crippen LogP contribution is 2.44. The van der Waals surface area contributed by atoms with Crippen LogP contribution in [0.1, 0.15) is 18.1 Å². The predicted molar refractivity (Wildman–Crippen MR) is 112 cm³/mol. The van der Waals surface area contributed by atoms with Gasteiger partial charge in [-0.15, -0.1) is 0 Å². The van der Waals surface area contributed by atoms with Gasteiger partial charge in [0.25, 0.3) is 0 Å². The van der Waals surface area contributed by atoms with Crippen molar-refractivity contribution in [2.75, 3.05) is 0 Å². The molecule has 4 heteroatoms. The van der Waals surface area contributed by atoms with Crippen molar-refractivity contribution < 1.29 is 0 Å². The van der Waals surface area contributed by atoms with E-state index in [4.69, 9.17) is 0 Å². The number of rotatable bonds is 3. The molecular formula is C24H15N3S. The van der Waals surface area contributed by atoms with Gasteiger partial charge >= 0.3 is 0 Å². The minimum absolute atomic E-state index is 0.0769. The van der Waals surface area contributed by atoms with Crippen molar-refractivity contribution in [3.63, 3.8) is 0 Å². The van der Waals surface area contributed by atoms with Gasteiger partial charge in [-0.25, -0.2) is 0 Å². The smallest absolute Gasteiger partial charge is 0.138 e. The molecule has 0 unspecified atom stereocenters. The van der Waals surface area contributed by atoms with E-state index in [1.54, 1.807) is 11.8 Å². The van der Waals surface area contributed by atoms with Crippen molar-refractivity contribution in [1.29, 1.82) is 15.8 Å². The third-order valence-corrected chi connectivity index (χ3v) is 5.26. The fourth-order valence-corrected chi connectivity index (χ4v) is 4.08. The lowest BCUT2D eigenvalue weighted by Gasteiger charge is -2.20. The number of benzene rings is 2. The average Bonchev–Trinajstić information content (AvgIpc) is 2.74. The first kappa shape index (κ1) is 19.0. The fraction of sp³-hybridized carbons (Fsp3) is 0.0417. The standard InChI is InChI=1S/C24H15N3S/c1-2-8-19-13-21(20-11-6-7-12-23(20)28-19)22(16-27)24(18(14-25)15-26)17-9-4-3-5-10-17/h2-13H,1H3/b8-2+,22-21+. The summed E-state index contributed by atoms with van der Waals surface area (Å²) < 4.78 is 0. The minimum Gasteiger partial charge on any atom is -0.192 e. The molecular weight excluding hydrogens is 362 g/mol. The van der Waals surface area contributed by atoms with Gasteiger partial charge in [0.05, 0.1) is 5.57 Å². The molecule has 0 fully saturated rings. The zero-order valence-corrected chi connectivity index (χ0v) is 16.0. The summed E-state index contributed by atoms with van der Waals surface area (Å²) in [6.07, 6.45) is 5.87. The average molecular weight is 377 g/mol. The van der Waals surface area contributed by atoms with Crippen LogP contribution in [0.5, 0.6) is 0 Å². The Labute approximate surface area is 168 Å². The van der Waals surface area contributed by atoms with Crippen LogP contribution in [-0.4, -0.2) is 0 Å². The quantitative estimate of drug-likeness (QED) is 0.612. The highest BCUT2D eigenvalue weighted by atomic mass is 32.2. The molecule has 2 aromatic rings. The molecule has 0 atom stereocenters. The number of nitriles is 3. The molecule has 0 radical (unpaired) electrons. The molecule has 0 N–H and O–H groups in total. The topological polar surface area (TPSA) is 71.4 Å². The fourth-order valence-electron chi connectivity index (χ4n) is 3.01. The molecule has 3 rings (SSSR count). The first-order valence-electron chi connectivity index (χ1n) is 8.59. The summed E-state index contributed by atoms with van der Waals surface area (Å²) in [6.45, 7) is 1.94. The molecule has 0 amide bonds. The molecule has 2 aromatic carbocycles. The first-order chi connectivity index (χ1) is 13.7. The van der Waals surface area contributed by atoms with E-state index < -0.39 is 0 Å². The van der Waals surface area contributed by atoms with Crippen LogP contribution in [0, 0.1) is 34.0 Å². The third-order valence-electron chi connectivity index (χ3n) is 4.19. The van der Waals surface area contributed by atoms with Crippen molar-refractivity contribution in [3.05, 3.63) is 100 Å². The Kier molecular flexibility index (Phi) is 5.93. The van der Waals surface area contributed by atoms with Crippen LogP contribution in [-0.2, 0) is 0 Å². The van der Waals surface area contributed by atoms with Gasteiger partial charge in [-0.1, -0.05) is 72.4 Å². The van der Waals surface area contributed by atoms with Crippen LogP contribution in [0.3, 0.4) is 0 Å². The van der Waals surface area contributed by atoms with Gasteiger partial charge in [0.15, 0.2) is 0 Å². The summed E-state index contributed by atoms with van der Waals surface area (Å²) in [7, 11) is 0. The Hall–Kier alpha value is -3.78. The number of fused-ring (bicyclic) bond motifs is 1. The maximum absolute atomic E-state index is 10.1. The first-order valence-corrected chi connectivity index (χ1v) is 9.41. The Balaban J connectivity index is 2.41. The number of nitrogens with zero attached hydrogens (tertiary/aromatic N) is 3. The molecule has 0 saturated heterocycles. The molecule has 0 bridgehead atoms. The summed E-state index contributed by atoms with van der Waals surface area (Å²) in [5, 5.41) is 29.2. The van der Waals surface area contributed by atoms with Crippen molar-refractivity contribution in [3.8, 4) is 18.2 Å². The van der Waals surface area contributed by atoms with Gasteiger partial charge in [-0.2, -0.15) is 15.8 Å². The van der Waals surface area contributed by atoms with E-state index in [1.165, 1.54) is 0 Å². The maximum Gasteiger partial charge on any atom is 0.138 e. The van der Waals surface area contributed by atoms with Crippen LogP contribution in [0.15, 0.2) is 93.8 Å². The highest BCUT2D eigenvalue weighted by molar-refractivity contribution is 8.03. The molecule has 0 saturated carbocycles. The minimum atomic E-state index is -0.0769. The van der Waals surface area contributed by atoms with Crippen molar-refractivity contribution in [1.82, 2.24) is 0 Å². The van der Waals surface area contributed by atoms with Crippen LogP contribution in [0.4, 0.5) is 0 Å². The van der Waals surface area contributed by atoms with Gasteiger partial charge in [0.1, 0.15) is 23.8 Å². The van der Waals surface area contributed by atoms with Gasteiger partial charge in [0, 0.05) is 20.9 Å². The lowest BCUT2D eigenvalue weighted by molar-refractivity contribution is 1.37. The molecule has 0 aromatic heterocycles. The Morgan fingerprint density at radius 1 is 0.893 bits per heavy atom. The molecule has 1 heterocycles. The van der Waals surface area contributed by atoms with Gasteiger partial charge in [-0.05, 0) is 30.2 Å². The molecule has 1 aliphatic heterocycles. The number of thioether (sulfide) groups is 1. The molecule has 132 valence electrons. The van der Waals surface area contributed by atoms with Crippen molar-refractivity contribution in [2.24, 2.45) is 0 Å². The van der Waals surface area contributed by atoms with Gasteiger partial charge < -0.3 is 0 Å². The second-order valence-electron chi connectivity index (χ2n) is 5.89.